The Balaban J connectivity index is 2.24. The van der Waals surface area contributed by atoms with Gasteiger partial charge in [-0.2, -0.15) is 0 Å². The van der Waals surface area contributed by atoms with E-state index in [1.54, 1.807) is 13.2 Å². The Morgan fingerprint density at radius 3 is 2.30 bits per heavy atom. The molecule has 0 saturated carbocycles. The molecule has 0 amide bonds. The fourth-order valence-electron chi connectivity index (χ4n) is 4.92. The zero-order valence-electron chi connectivity index (χ0n) is 22.6. The summed E-state index contributed by atoms with van der Waals surface area (Å²) in [5, 5.41) is 0. The number of carbonyl (C=O) groups is 1. The van der Waals surface area contributed by atoms with Crippen molar-refractivity contribution in [2.24, 2.45) is 5.41 Å². The lowest BCUT2D eigenvalue weighted by molar-refractivity contribution is -0.112. The summed E-state index contributed by atoms with van der Waals surface area (Å²) >= 11 is 1.48. The minimum atomic E-state index is -3.64. The Bertz CT molecular complexity index is 1200. The van der Waals surface area contributed by atoms with Crippen LogP contribution in [0.15, 0.2) is 58.5 Å². The fourth-order valence-corrected chi connectivity index (χ4v) is 7.57. The minimum absolute atomic E-state index is 0.0982. The number of rotatable bonds is 12. The molecule has 8 heteroatoms. The molecule has 202 valence electrons. The fraction of sp³-hybridized carbons (Fsp3) is 0.483. The van der Waals surface area contributed by atoms with E-state index in [1.807, 2.05) is 36.6 Å². The molecule has 3 rings (SSSR count). The average Bonchev–Trinajstić information content (AvgIpc) is 2.97. The van der Waals surface area contributed by atoms with Crippen molar-refractivity contribution in [3.05, 3.63) is 48.7 Å². The number of fused-ring (bicyclic) bond motifs is 1. The number of anilines is 2. The summed E-state index contributed by atoms with van der Waals surface area (Å²) < 4.78 is 39.3. The van der Waals surface area contributed by atoms with Crippen LogP contribution in [-0.4, -0.2) is 39.9 Å². The first kappa shape index (κ1) is 29.1. The average molecular weight is 546 g/mol. The molecule has 0 atom stereocenters. The van der Waals surface area contributed by atoms with E-state index in [0.717, 1.165) is 54.9 Å². The summed E-state index contributed by atoms with van der Waals surface area (Å²) in [6.07, 6.45) is 10.3. The molecule has 0 N–H and O–H groups in total. The lowest BCUT2D eigenvalue weighted by Gasteiger charge is -2.37. The summed E-state index contributed by atoms with van der Waals surface area (Å²) in [6.45, 7) is 6.36. The van der Waals surface area contributed by atoms with E-state index in [9.17, 15) is 13.2 Å². The highest BCUT2D eigenvalue weighted by Gasteiger charge is 2.42. The minimum Gasteiger partial charge on any atom is -0.497 e. The Morgan fingerprint density at radius 2 is 1.76 bits per heavy atom. The monoisotopic (exact) mass is 545 g/mol. The SMILES string of the molecule is CCCCC1(CCCC)CN(c2ccc(OC)cc2)c2cc(SC)c(O/C=C/C(C)=O)cc2S(=O)(=O)C1. The molecule has 0 spiro atoms. The molecule has 0 radical (unpaired) electrons. The van der Waals surface area contributed by atoms with Crippen molar-refractivity contribution in [3.8, 4) is 11.5 Å². The van der Waals surface area contributed by atoms with Crippen LogP contribution < -0.4 is 14.4 Å². The number of hydrogen-bond donors (Lipinski definition) is 0. The van der Waals surface area contributed by atoms with Crippen LogP contribution in [0.2, 0.25) is 0 Å². The second-order valence-corrected chi connectivity index (χ2v) is 12.6. The van der Waals surface area contributed by atoms with Crippen molar-refractivity contribution < 1.29 is 22.7 Å². The Morgan fingerprint density at radius 1 is 1.11 bits per heavy atom. The third-order valence-electron chi connectivity index (χ3n) is 6.86. The van der Waals surface area contributed by atoms with Crippen LogP contribution in [0.4, 0.5) is 11.4 Å². The van der Waals surface area contributed by atoms with Crippen LogP contribution >= 0.6 is 11.8 Å². The summed E-state index contributed by atoms with van der Waals surface area (Å²) in [4.78, 5) is 14.6. The van der Waals surface area contributed by atoms with Crippen molar-refractivity contribution >= 4 is 38.8 Å². The zero-order valence-corrected chi connectivity index (χ0v) is 24.2. The number of nitrogens with zero attached hydrogens (tertiary/aromatic N) is 1. The number of hydrogen-bond acceptors (Lipinski definition) is 7. The van der Waals surface area contributed by atoms with Crippen molar-refractivity contribution in [3.63, 3.8) is 0 Å². The highest BCUT2D eigenvalue weighted by molar-refractivity contribution is 7.98. The molecule has 0 saturated heterocycles. The van der Waals surface area contributed by atoms with Crippen LogP contribution in [0, 0.1) is 5.41 Å². The van der Waals surface area contributed by atoms with Crippen LogP contribution in [0.25, 0.3) is 0 Å². The first-order chi connectivity index (χ1) is 17.7. The topological polar surface area (TPSA) is 72.9 Å². The second-order valence-electron chi connectivity index (χ2n) is 9.75. The third kappa shape index (κ3) is 7.11. The van der Waals surface area contributed by atoms with Gasteiger partial charge in [0.1, 0.15) is 11.5 Å². The molecule has 2 aromatic rings. The Hall–Kier alpha value is -2.45. The molecule has 2 aromatic carbocycles. The number of allylic oxidation sites excluding steroid dienone is 1. The Kier molecular flexibility index (Phi) is 10.1. The van der Waals surface area contributed by atoms with E-state index in [2.05, 4.69) is 18.7 Å². The summed E-state index contributed by atoms with van der Waals surface area (Å²) in [5.41, 5.74) is 1.21. The van der Waals surface area contributed by atoms with Gasteiger partial charge in [-0.05, 0) is 56.4 Å². The summed E-state index contributed by atoms with van der Waals surface area (Å²) in [7, 11) is -2.00. The summed E-state index contributed by atoms with van der Waals surface area (Å²) in [6, 6.07) is 11.3. The van der Waals surface area contributed by atoms with Gasteiger partial charge in [-0.1, -0.05) is 39.5 Å². The third-order valence-corrected chi connectivity index (χ3v) is 9.61. The van der Waals surface area contributed by atoms with Gasteiger partial charge in [0.2, 0.25) is 0 Å². The molecule has 0 aliphatic carbocycles. The van der Waals surface area contributed by atoms with Crippen LogP contribution in [-0.2, 0) is 14.6 Å². The molecule has 0 bridgehead atoms. The van der Waals surface area contributed by atoms with Gasteiger partial charge in [0, 0.05) is 29.8 Å². The number of unbranched alkanes of at least 4 members (excludes halogenated alkanes) is 2. The molecule has 0 unspecified atom stereocenters. The number of thioether (sulfide) groups is 1. The van der Waals surface area contributed by atoms with Crippen LogP contribution in [0.5, 0.6) is 11.5 Å². The highest BCUT2D eigenvalue weighted by atomic mass is 32.2. The second kappa shape index (κ2) is 12.9. The number of benzene rings is 2. The molecule has 37 heavy (non-hydrogen) atoms. The van der Waals surface area contributed by atoms with Gasteiger partial charge in [0.25, 0.3) is 0 Å². The van der Waals surface area contributed by atoms with Crippen molar-refractivity contribution in [2.45, 2.75) is 69.1 Å². The highest BCUT2D eigenvalue weighted by Crippen LogP contribution is 2.48. The molecule has 1 heterocycles. The van der Waals surface area contributed by atoms with E-state index in [-0.39, 0.29) is 21.8 Å². The molecule has 0 aromatic heterocycles. The van der Waals surface area contributed by atoms with Crippen LogP contribution in [0.3, 0.4) is 0 Å². The van der Waals surface area contributed by atoms with Crippen molar-refractivity contribution in [1.82, 2.24) is 0 Å². The normalized spacial score (nSPS) is 16.3. The van der Waals surface area contributed by atoms with E-state index < -0.39 is 9.84 Å². The van der Waals surface area contributed by atoms with E-state index in [4.69, 9.17) is 9.47 Å². The molecule has 6 nitrogen and oxygen atoms in total. The van der Waals surface area contributed by atoms with Gasteiger partial charge in [-0.25, -0.2) is 8.42 Å². The predicted octanol–water partition coefficient (Wildman–Crippen LogP) is 7.19. The number of methoxy groups -OCH3 is 1. The first-order valence-electron chi connectivity index (χ1n) is 12.9. The maximum Gasteiger partial charge on any atom is 0.181 e. The first-order valence-corrected chi connectivity index (χ1v) is 15.8. The van der Waals surface area contributed by atoms with Gasteiger partial charge < -0.3 is 14.4 Å². The molecule has 1 aliphatic rings. The largest absolute Gasteiger partial charge is 0.497 e. The predicted molar refractivity (Wildman–Crippen MR) is 152 cm³/mol. The standard InChI is InChI=1S/C29H39NO5S2/c1-6-8-15-29(16-9-7-2)20-30(23-10-12-24(34-4)13-11-23)25-18-27(36-5)26(35-17-14-22(3)31)19-28(25)37(32,33)21-29/h10-14,17-19H,6-9,15-16,20-21H2,1-5H3/b17-14+. The smallest absolute Gasteiger partial charge is 0.181 e. The lowest BCUT2D eigenvalue weighted by Crippen LogP contribution is -2.38. The molecule has 1 aliphatic heterocycles. The van der Waals surface area contributed by atoms with Gasteiger partial charge in [-0.3, -0.25) is 4.79 Å². The zero-order chi connectivity index (χ0) is 27.1. The number of carbonyl (C=O) groups excluding carboxylic acids is 1. The van der Waals surface area contributed by atoms with Gasteiger partial charge in [0.05, 0.1) is 34.6 Å². The lowest BCUT2D eigenvalue weighted by atomic mass is 9.79. The van der Waals surface area contributed by atoms with Crippen molar-refractivity contribution in [2.75, 3.05) is 30.6 Å². The van der Waals surface area contributed by atoms with E-state index in [0.29, 0.717) is 18.0 Å². The molecule has 0 fully saturated rings. The van der Waals surface area contributed by atoms with E-state index >= 15 is 0 Å². The van der Waals surface area contributed by atoms with Gasteiger partial charge >= 0.3 is 0 Å². The maximum atomic E-state index is 14.1. The number of ether oxygens (including phenoxy) is 2. The maximum absolute atomic E-state index is 14.1. The van der Waals surface area contributed by atoms with E-state index in [1.165, 1.54) is 31.0 Å². The molecular formula is C29H39NO5S2. The molecular weight excluding hydrogens is 506 g/mol. The number of ketones is 1. The number of sulfone groups is 1. The quantitative estimate of drug-likeness (QED) is 0.159. The van der Waals surface area contributed by atoms with Crippen LogP contribution in [0.1, 0.15) is 59.3 Å². The van der Waals surface area contributed by atoms with Crippen molar-refractivity contribution in [1.29, 1.82) is 0 Å². The Labute approximate surface area is 226 Å². The summed E-state index contributed by atoms with van der Waals surface area (Å²) in [5.74, 6) is 1.13. The van der Waals surface area contributed by atoms with Gasteiger partial charge in [-0.15, -0.1) is 11.8 Å². The van der Waals surface area contributed by atoms with Gasteiger partial charge in [0.15, 0.2) is 15.6 Å².